The highest BCUT2D eigenvalue weighted by atomic mass is 32.3. The van der Waals surface area contributed by atoms with Gasteiger partial charge in [0.2, 0.25) is 0 Å². The highest BCUT2D eigenvalue weighted by Crippen LogP contribution is 2.62. The molecule has 20 heavy (non-hydrogen) atoms. The fourth-order valence-corrected chi connectivity index (χ4v) is 5.24. The number of rotatable bonds is 5. The number of halogens is 1. The maximum absolute atomic E-state index is 13.4. The van der Waals surface area contributed by atoms with Crippen molar-refractivity contribution in [2.75, 3.05) is 0 Å². The predicted octanol–water partition coefficient (Wildman–Crippen LogP) is 2.66. The topological polar surface area (TPSA) is 51.2 Å². The number of carbonyl (C=O) groups excluding carboxylic acids is 1. The number of hydrogen-bond acceptors (Lipinski definition) is 3. The molecule has 1 atom stereocenters. The summed E-state index contributed by atoms with van der Waals surface area (Å²) in [6.07, 6.45) is 2.30. The molecule has 0 N–H and O–H groups in total. The zero-order valence-electron chi connectivity index (χ0n) is 11.1. The number of Topliss-reactive ketones (excluding diaryl/α,β-unsaturated/α-hetero) is 1. The molecular weight excluding hydrogens is 279 g/mol. The third-order valence-corrected chi connectivity index (χ3v) is 6.17. The molecule has 0 heterocycles. The Balaban J connectivity index is 1.71. The zero-order chi connectivity index (χ0) is 14.4. The Hall–Kier alpha value is -1.23. The maximum atomic E-state index is 13.4. The minimum Gasteiger partial charge on any atom is -0.299 e. The molecule has 3 aliphatic rings. The molecule has 0 aromatic heterocycles. The van der Waals surface area contributed by atoms with E-state index in [9.17, 15) is 17.1 Å². The van der Waals surface area contributed by atoms with Gasteiger partial charge in [-0.05, 0) is 37.2 Å². The van der Waals surface area contributed by atoms with E-state index in [1.165, 1.54) is 0 Å². The van der Waals surface area contributed by atoms with Crippen molar-refractivity contribution in [3.8, 4) is 0 Å². The lowest BCUT2D eigenvalue weighted by Crippen LogP contribution is -2.44. The number of benzene rings is 1. The van der Waals surface area contributed by atoms with E-state index >= 15 is 0 Å². The van der Waals surface area contributed by atoms with Gasteiger partial charge in [-0.15, -0.1) is 3.89 Å². The van der Waals surface area contributed by atoms with Crippen LogP contribution in [0.1, 0.15) is 31.2 Å². The summed E-state index contributed by atoms with van der Waals surface area (Å²) in [5.41, 5.74) is 0.123. The van der Waals surface area contributed by atoms with Crippen molar-refractivity contribution in [3.05, 3.63) is 35.9 Å². The number of aryl methyl sites for hydroxylation is 1. The largest absolute Gasteiger partial charge is 0.306 e. The van der Waals surface area contributed by atoms with Gasteiger partial charge in [0.25, 0.3) is 0 Å². The van der Waals surface area contributed by atoms with Crippen LogP contribution < -0.4 is 0 Å². The van der Waals surface area contributed by atoms with Crippen LogP contribution in [0, 0.1) is 11.3 Å². The molecule has 3 fully saturated rings. The fourth-order valence-electron chi connectivity index (χ4n) is 3.87. The summed E-state index contributed by atoms with van der Waals surface area (Å²) < 4.78 is 35.8. The Morgan fingerprint density at radius 2 is 1.90 bits per heavy atom. The Kier molecular flexibility index (Phi) is 3.20. The van der Waals surface area contributed by atoms with Gasteiger partial charge in [0, 0.05) is 11.8 Å². The van der Waals surface area contributed by atoms with Crippen LogP contribution in [0.2, 0.25) is 0 Å². The third-order valence-electron chi connectivity index (χ3n) is 4.85. The number of hydrogen-bond donors (Lipinski definition) is 0. The molecule has 0 amide bonds. The molecule has 0 saturated heterocycles. The lowest BCUT2D eigenvalue weighted by atomic mass is 9.66. The Labute approximate surface area is 118 Å². The average Bonchev–Trinajstić information content (AvgIpc) is 2.92. The lowest BCUT2D eigenvalue weighted by molar-refractivity contribution is -0.132. The van der Waals surface area contributed by atoms with E-state index < -0.39 is 20.9 Å². The third kappa shape index (κ3) is 2.18. The van der Waals surface area contributed by atoms with Gasteiger partial charge in [-0.2, -0.15) is 8.42 Å². The summed E-state index contributed by atoms with van der Waals surface area (Å²) in [7, 11) is -4.62. The molecule has 5 heteroatoms. The van der Waals surface area contributed by atoms with Crippen LogP contribution in [-0.2, 0) is 21.4 Å². The van der Waals surface area contributed by atoms with Gasteiger partial charge in [0.05, 0.1) is 0 Å². The molecule has 108 valence electrons. The van der Waals surface area contributed by atoms with Crippen molar-refractivity contribution in [3.63, 3.8) is 0 Å². The van der Waals surface area contributed by atoms with Crippen LogP contribution in [0.5, 0.6) is 0 Å². The van der Waals surface area contributed by atoms with Gasteiger partial charge in [0.15, 0.2) is 0 Å². The van der Waals surface area contributed by atoms with Crippen LogP contribution >= 0.6 is 0 Å². The molecule has 0 radical (unpaired) electrons. The molecule has 3 saturated carbocycles. The van der Waals surface area contributed by atoms with Crippen molar-refractivity contribution in [2.45, 2.75) is 37.4 Å². The minimum absolute atomic E-state index is 0.0821. The summed E-state index contributed by atoms with van der Waals surface area (Å²) in [5.74, 6) is 0.132. The van der Waals surface area contributed by atoms with Gasteiger partial charge < -0.3 is 0 Å². The SMILES string of the molecule is O=C(CCc1ccccc1)C12CC(CC1S(=O)(=O)F)C2. The van der Waals surface area contributed by atoms with Gasteiger partial charge in [0.1, 0.15) is 11.0 Å². The molecule has 4 rings (SSSR count). The van der Waals surface area contributed by atoms with Gasteiger partial charge >= 0.3 is 10.2 Å². The van der Waals surface area contributed by atoms with E-state index in [1.54, 1.807) is 0 Å². The standard InChI is InChI=1S/C15H17FO3S/c16-20(18,19)14-8-12-9-15(14,10-12)13(17)7-6-11-4-2-1-3-5-11/h1-5,12,14H,6-10H2. The highest BCUT2D eigenvalue weighted by Gasteiger charge is 2.65. The molecule has 1 aromatic carbocycles. The Morgan fingerprint density at radius 3 is 2.50 bits per heavy atom. The first-order chi connectivity index (χ1) is 9.42. The van der Waals surface area contributed by atoms with E-state index in [1.807, 2.05) is 30.3 Å². The predicted molar refractivity (Wildman–Crippen MR) is 73.4 cm³/mol. The smallest absolute Gasteiger partial charge is 0.299 e. The van der Waals surface area contributed by atoms with E-state index in [0.29, 0.717) is 32.1 Å². The number of fused-ring (bicyclic) bond motifs is 1. The van der Waals surface area contributed by atoms with Crippen molar-refractivity contribution in [2.24, 2.45) is 11.3 Å². The fraction of sp³-hybridized carbons (Fsp3) is 0.533. The van der Waals surface area contributed by atoms with E-state index in [-0.39, 0.29) is 11.7 Å². The van der Waals surface area contributed by atoms with Crippen LogP contribution in [0.3, 0.4) is 0 Å². The quantitative estimate of drug-likeness (QED) is 0.785. The second-order valence-corrected chi connectivity index (χ2v) is 7.56. The summed E-state index contributed by atoms with van der Waals surface area (Å²) in [4.78, 5) is 12.4. The summed E-state index contributed by atoms with van der Waals surface area (Å²) in [6.45, 7) is 0. The maximum Gasteiger partial charge on any atom is 0.306 e. The first kappa shape index (κ1) is 13.7. The van der Waals surface area contributed by atoms with E-state index in [2.05, 4.69) is 0 Å². The zero-order valence-corrected chi connectivity index (χ0v) is 11.9. The van der Waals surface area contributed by atoms with Crippen molar-refractivity contribution < 1.29 is 17.1 Å². The second-order valence-electron chi connectivity index (χ2n) is 6.04. The van der Waals surface area contributed by atoms with Crippen LogP contribution in [0.4, 0.5) is 3.89 Å². The summed E-state index contributed by atoms with van der Waals surface area (Å²) in [6, 6.07) is 9.59. The normalized spacial score (nSPS) is 31.9. The van der Waals surface area contributed by atoms with Crippen LogP contribution in [0.15, 0.2) is 30.3 Å². The van der Waals surface area contributed by atoms with Crippen molar-refractivity contribution in [1.82, 2.24) is 0 Å². The monoisotopic (exact) mass is 296 g/mol. The Bertz CT molecular complexity index is 618. The van der Waals surface area contributed by atoms with Gasteiger partial charge in [-0.3, -0.25) is 4.79 Å². The van der Waals surface area contributed by atoms with Crippen molar-refractivity contribution in [1.29, 1.82) is 0 Å². The number of carbonyl (C=O) groups is 1. The second kappa shape index (κ2) is 4.65. The molecular formula is C15H17FO3S. The van der Waals surface area contributed by atoms with E-state index in [0.717, 1.165) is 5.56 Å². The summed E-state index contributed by atoms with van der Waals surface area (Å²) in [5, 5.41) is -1.09. The molecule has 0 aliphatic heterocycles. The molecule has 1 aromatic rings. The average molecular weight is 296 g/mol. The van der Waals surface area contributed by atoms with E-state index in [4.69, 9.17) is 0 Å². The Morgan fingerprint density at radius 1 is 1.25 bits per heavy atom. The minimum atomic E-state index is -4.62. The molecule has 3 nitrogen and oxygen atoms in total. The van der Waals surface area contributed by atoms with Crippen LogP contribution in [-0.4, -0.2) is 19.5 Å². The highest BCUT2D eigenvalue weighted by molar-refractivity contribution is 7.87. The van der Waals surface area contributed by atoms with Crippen LogP contribution in [0.25, 0.3) is 0 Å². The molecule has 3 aliphatic carbocycles. The van der Waals surface area contributed by atoms with Gasteiger partial charge in [-0.1, -0.05) is 30.3 Å². The molecule has 0 spiro atoms. The molecule has 1 unspecified atom stereocenters. The first-order valence-electron chi connectivity index (χ1n) is 6.92. The number of ketones is 1. The lowest BCUT2D eigenvalue weighted by Gasteiger charge is -2.38. The van der Waals surface area contributed by atoms with Crippen molar-refractivity contribution >= 4 is 16.0 Å². The molecule has 2 bridgehead atoms. The summed E-state index contributed by atoms with van der Waals surface area (Å²) >= 11 is 0. The van der Waals surface area contributed by atoms with Gasteiger partial charge in [-0.25, -0.2) is 0 Å². The first-order valence-corrected chi connectivity index (χ1v) is 8.37.